The summed E-state index contributed by atoms with van der Waals surface area (Å²) >= 11 is 5.82. The van der Waals surface area contributed by atoms with E-state index in [1.165, 1.54) is 12.0 Å². The highest BCUT2D eigenvalue weighted by Gasteiger charge is 1.95. The molecule has 1 aromatic rings. The van der Waals surface area contributed by atoms with E-state index in [0.29, 0.717) is 6.61 Å². The lowest BCUT2D eigenvalue weighted by molar-refractivity contribution is 0.117. The molecule has 0 fully saturated rings. The first-order chi connectivity index (χ1) is 8.68. The minimum atomic E-state index is 0.677. The molecule has 0 radical (unpaired) electrons. The molecule has 0 atom stereocenters. The number of benzene rings is 1. The number of hydrogen-bond donors (Lipinski definition) is 1. The summed E-state index contributed by atoms with van der Waals surface area (Å²) in [6.45, 7) is 8.14. The molecule has 1 aromatic carbocycles. The molecule has 1 N–H and O–H groups in total. The zero-order chi connectivity index (χ0) is 13.2. The van der Waals surface area contributed by atoms with Crippen LogP contribution in [0.25, 0.3) is 0 Å². The topological polar surface area (TPSA) is 21.3 Å². The van der Waals surface area contributed by atoms with Gasteiger partial charge in [0.15, 0.2) is 0 Å². The number of hydrogen-bond acceptors (Lipinski definition) is 2. The van der Waals surface area contributed by atoms with Crippen molar-refractivity contribution in [2.24, 2.45) is 5.92 Å². The molecule has 2 nitrogen and oxygen atoms in total. The zero-order valence-corrected chi connectivity index (χ0v) is 12.2. The van der Waals surface area contributed by atoms with E-state index in [0.717, 1.165) is 37.1 Å². The Bertz CT molecular complexity index is 311. The van der Waals surface area contributed by atoms with E-state index in [9.17, 15) is 0 Å². The van der Waals surface area contributed by atoms with Gasteiger partial charge in [0.25, 0.3) is 0 Å². The van der Waals surface area contributed by atoms with Gasteiger partial charge in [0, 0.05) is 11.6 Å². The van der Waals surface area contributed by atoms with E-state index < -0.39 is 0 Å². The fourth-order valence-corrected chi connectivity index (χ4v) is 1.74. The van der Waals surface area contributed by atoms with E-state index >= 15 is 0 Å². The molecule has 0 heterocycles. The molecule has 0 amide bonds. The van der Waals surface area contributed by atoms with Gasteiger partial charge >= 0.3 is 0 Å². The Balaban J connectivity index is 1.94. The number of ether oxygens (including phenoxy) is 1. The van der Waals surface area contributed by atoms with Gasteiger partial charge in [-0.3, -0.25) is 0 Å². The van der Waals surface area contributed by atoms with E-state index in [2.05, 4.69) is 19.2 Å². The van der Waals surface area contributed by atoms with Crippen LogP contribution >= 0.6 is 11.6 Å². The highest BCUT2D eigenvalue weighted by molar-refractivity contribution is 6.30. The summed E-state index contributed by atoms with van der Waals surface area (Å²) in [6, 6.07) is 7.81. The third-order valence-corrected chi connectivity index (χ3v) is 2.88. The minimum Gasteiger partial charge on any atom is -0.377 e. The van der Waals surface area contributed by atoms with E-state index in [4.69, 9.17) is 16.3 Å². The molecular formula is C15H24ClNO. The second-order valence-electron chi connectivity index (χ2n) is 4.98. The van der Waals surface area contributed by atoms with Gasteiger partial charge in [-0.1, -0.05) is 37.6 Å². The SMILES string of the molecule is CC(C)CNCCCCOCc1ccc(Cl)cc1. The van der Waals surface area contributed by atoms with Crippen LogP contribution < -0.4 is 5.32 Å². The quantitative estimate of drug-likeness (QED) is 0.687. The predicted octanol–water partition coefficient (Wildman–Crippen LogP) is 3.88. The standard InChI is InChI=1S/C15H24ClNO/c1-13(2)11-17-9-3-4-10-18-12-14-5-7-15(16)8-6-14/h5-8,13,17H,3-4,9-12H2,1-2H3. The van der Waals surface area contributed by atoms with E-state index in [-0.39, 0.29) is 0 Å². The maximum absolute atomic E-state index is 5.82. The van der Waals surface area contributed by atoms with Crippen molar-refractivity contribution in [3.05, 3.63) is 34.9 Å². The average molecular weight is 270 g/mol. The van der Waals surface area contributed by atoms with Crippen molar-refractivity contribution in [1.82, 2.24) is 5.32 Å². The van der Waals surface area contributed by atoms with Crippen molar-refractivity contribution in [3.63, 3.8) is 0 Å². The molecule has 0 saturated carbocycles. The first kappa shape index (κ1) is 15.5. The molecule has 0 aromatic heterocycles. The minimum absolute atomic E-state index is 0.677. The smallest absolute Gasteiger partial charge is 0.0716 e. The van der Waals surface area contributed by atoms with Crippen LogP contribution in [0, 0.1) is 5.92 Å². The van der Waals surface area contributed by atoms with Crippen molar-refractivity contribution in [2.45, 2.75) is 33.3 Å². The fourth-order valence-electron chi connectivity index (χ4n) is 1.62. The van der Waals surface area contributed by atoms with Crippen LogP contribution in [0.3, 0.4) is 0 Å². The lowest BCUT2D eigenvalue weighted by atomic mass is 10.2. The van der Waals surface area contributed by atoms with Crippen molar-refractivity contribution >= 4 is 11.6 Å². The average Bonchev–Trinajstić information content (AvgIpc) is 2.34. The monoisotopic (exact) mass is 269 g/mol. The molecule has 0 bridgehead atoms. The van der Waals surface area contributed by atoms with Crippen LogP contribution in [0.2, 0.25) is 5.02 Å². The maximum atomic E-state index is 5.82. The van der Waals surface area contributed by atoms with Crippen molar-refractivity contribution in [2.75, 3.05) is 19.7 Å². The molecular weight excluding hydrogens is 246 g/mol. The molecule has 0 spiro atoms. The molecule has 3 heteroatoms. The third kappa shape index (κ3) is 7.70. The lowest BCUT2D eigenvalue weighted by Crippen LogP contribution is -2.20. The Morgan fingerprint density at radius 1 is 1.17 bits per heavy atom. The van der Waals surface area contributed by atoms with Crippen LogP contribution in [-0.4, -0.2) is 19.7 Å². The van der Waals surface area contributed by atoms with Crippen LogP contribution in [0.5, 0.6) is 0 Å². The summed E-state index contributed by atoms with van der Waals surface area (Å²) in [5, 5.41) is 4.20. The van der Waals surface area contributed by atoms with Crippen molar-refractivity contribution < 1.29 is 4.74 Å². The Morgan fingerprint density at radius 2 is 1.89 bits per heavy atom. The lowest BCUT2D eigenvalue weighted by Gasteiger charge is -2.07. The first-order valence-electron chi connectivity index (χ1n) is 6.71. The highest BCUT2D eigenvalue weighted by atomic mass is 35.5. The van der Waals surface area contributed by atoms with E-state index in [1.807, 2.05) is 24.3 Å². The molecule has 1 rings (SSSR count). The molecule has 102 valence electrons. The molecule has 0 aliphatic carbocycles. The van der Waals surface area contributed by atoms with Crippen LogP contribution in [0.15, 0.2) is 24.3 Å². The summed E-state index contributed by atoms with van der Waals surface area (Å²) in [5.74, 6) is 0.728. The fraction of sp³-hybridized carbons (Fsp3) is 0.600. The van der Waals surface area contributed by atoms with Gasteiger partial charge in [-0.25, -0.2) is 0 Å². The van der Waals surface area contributed by atoms with Crippen LogP contribution in [0.4, 0.5) is 0 Å². The number of halogens is 1. The van der Waals surface area contributed by atoms with Gasteiger partial charge in [0.05, 0.1) is 6.61 Å². The molecule has 0 unspecified atom stereocenters. The second kappa shape index (κ2) is 9.37. The van der Waals surface area contributed by atoms with Crippen molar-refractivity contribution in [3.8, 4) is 0 Å². The summed E-state index contributed by atoms with van der Waals surface area (Å²) in [4.78, 5) is 0. The Labute approximate surface area is 116 Å². The molecule has 18 heavy (non-hydrogen) atoms. The number of rotatable bonds is 9. The van der Waals surface area contributed by atoms with Crippen molar-refractivity contribution in [1.29, 1.82) is 0 Å². The van der Waals surface area contributed by atoms with Crippen LogP contribution in [0.1, 0.15) is 32.3 Å². The summed E-state index contributed by atoms with van der Waals surface area (Å²) in [5.41, 5.74) is 1.18. The summed E-state index contributed by atoms with van der Waals surface area (Å²) in [6.07, 6.45) is 2.28. The predicted molar refractivity (Wildman–Crippen MR) is 78.0 cm³/mol. The molecule has 0 aliphatic rings. The van der Waals surface area contributed by atoms with Gasteiger partial charge in [0.2, 0.25) is 0 Å². The van der Waals surface area contributed by atoms with Crippen LogP contribution in [-0.2, 0) is 11.3 Å². The summed E-state index contributed by atoms with van der Waals surface area (Å²) < 4.78 is 5.62. The van der Waals surface area contributed by atoms with Gasteiger partial charge in [-0.05, 0) is 49.5 Å². The van der Waals surface area contributed by atoms with E-state index in [1.54, 1.807) is 0 Å². The second-order valence-corrected chi connectivity index (χ2v) is 5.42. The van der Waals surface area contributed by atoms with Gasteiger partial charge in [0.1, 0.15) is 0 Å². The Kier molecular flexibility index (Phi) is 8.06. The Morgan fingerprint density at radius 3 is 2.56 bits per heavy atom. The normalized spacial score (nSPS) is 11.1. The summed E-state index contributed by atoms with van der Waals surface area (Å²) in [7, 11) is 0. The highest BCUT2D eigenvalue weighted by Crippen LogP contribution is 2.10. The Hall–Kier alpha value is -0.570. The molecule has 0 aliphatic heterocycles. The largest absolute Gasteiger partial charge is 0.377 e. The van der Waals surface area contributed by atoms with Gasteiger partial charge in [-0.2, -0.15) is 0 Å². The number of nitrogens with one attached hydrogen (secondary N) is 1. The van der Waals surface area contributed by atoms with Gasteiger partial charge < -0.3 is 10.1 Å². The molecule has 0 saturated heterocycles. The number of unbranched alkanes of at least 4 members (excludes halogenated alkanes) is 1. The third-order valence-electron chi connectivity index (χ3n) is 2.63. The maximum Gasteiger partial charge on any atom is 0.0716 e. The zero-order valence-electron chi connectivity index (χ0n) is 11.4. The first-order valence-corrected chi connectivity index (χ1v) is 7.09. The van der Waals surface area contributed by atoms with Gasteiger partial charge in [-0.15, -0.1) is 0 Å².